The van der Waals surface area contributed by atoms with Crippen molar-refractivity contribution in [3.8, 4) is 0 Å². The Kier molecular flexibility index (Phi) is 2.83. The zero-order chi connectivity index (χ0) is 14.9. The number of fused-ring (bicyclic) bond motifs is 3. The predicted octanol–water partition coefficient (Wildman–Crippen LogP) is 5.15. The fourth-order valence-electron chi connectivity index (χ4n) is 7.54. The van der Waals surface area contributed by atoms with Gasteiger partial charge in [-0.05, 0) is 80.0 Å². The maximum Gasteiger partial charge on any atom is 0.126 e. The third kappa shape index (κ3) is 1.67. The minimum atomic E-state index is -0.0545. The summed E-state index contributed by atoms with van der Waals surface area (Å²) in [6.07, 6.45) is 13.1. The van der Waals surface area contributed by atoms with Crippen LogP contribution in [0, 0.1) is 34.0 Å². The lowest BCUT2D eigenvalue weighted by Gasteiger charge is -2.63. The van der Waals surface area contributed by atoms with Gasteiger partial charge in [0.05, 0.1) is 0 Å². The highest BCUT2D eigenvalue weighted by molar-refractivity contribution is 5.60. The van der Waals surface area contributed by atoms with E-state index in [0.717, 1.165) is 18.3 Å². The average Bonchev–Trinajstić information content (AvgIpc) is 2.68. The van der Waals surface area contributed by atoms with E-state index in [9.17, 15) is 4.79 Å². The molecule has 2 unspecified atom stereocenters. The van der Waals surface area contributed by atoms with E-state index in [0.29, 0.717) is 16.7 Å². The van der Waals surface area contributed by atoms with E-state index >= 15 is 0 Å². The standard InChI is InChI=1S/C20H30O/c1-14-11-20-10-7-16-18(2,13-21)8-4-9-19(16,3)17(20)6-5-15(14)12-20/h13,15-17H,1,4-12H2,2-3H3/t15-,16?,17?,18-,19+,20+/m0/s1. The maximum absolute atomic E-state index is 11.8. The largest absolute Gasteiger partial charge is 0.303 e. The normalized spacial score (nSPS) is 55.7. The summed E-state index contributed by atoms with van der Waals surface area (Å²) >= 11 is 0. The minimum Gasteiger partial charge on any atom is -0.303 e. The fourth-order valence-corrected chi connectivity index (χ4v) is 7.54. The summed E-state index contributed by atoms with van der Waals surface area (Å²) < 4.78 is 0. The molecule has 0 saturated heterocycles. The number of carbonyl (C=O) groups is 1. The Hall–Kier alpha value is -0.590. The van der Waals surface area contributed by atoms with Crippen LogP contribution in [0.2, 0.25) is 0 Å². The van der Waals surface area contributed by atoms with E-state index < -0.39 is 0 Å². The first-order valence-corrected chi connectivity index (χ1v) is 9.08. The Balaban J connectivity index is 1.75. The number of hydrogen-bond donors (Lipinski definition) is 0. The lowest BCUT2D eigenvalue weighted by atomic mass is 9.41. The van der Waals surface area contributed by atoms with E-state index in [1.807, 2.05) is 0 Å². The number of carbonyl (C=O) groups excluding carboxylic acids is 1. The highest BCUT2D eigenvalue weighted by atomic mass is 16.1. The molecule has 0 aromatic carbocycles. The van der Waals surface area contributed by atoms with Gasteiger partial charge < -0.3 is 4.79 Å². The topological polar surface area (TPSA) is 17.1 Å². The van der Waals surface area contributed by atoms with Gasteiger partial charge in [-0.25, -0.2) is 0 Å². The lowest BCUT2D eigenvalue weighted by Crippen LogP contribution is -2.56. The summed E-state index contributed by atoms with van der Waals surface area (Å²) in [7, 11) is 0. The van der Waals surface area contributed by atoms with Crippen molar-refractivity contribution in [1.29, 1.82) is 0 Å². The van der Waals surface area contributed by atoms with Gasteiger partial charge in [-0.2, -0.15) is 0 Å². The molecule has 4 aliphatic carbocycles. The highest BCUT2D eigenvalue weighted by Gasteiger charge is 2.63. The Labute approximate surface area is 129 Å². The minimum absolute atomic E-state index is 0.0545. The first kappa shape index (κ1) is 14.0. The van der Waals surface area contributed by atoms with E-state index in [1.165, 1.54) is 57.7 Å². The molecule has 4 rings (SSSR count). The molecule has 21 heavy (non-hydrogen) atoms. The molecule has 0 aliphatic heterocycles. The molecule has 1 heteroatoms. The van der Waals surface area contributed by atoms with Crippen LogP contribution in [-0.2, 0) is 4.79 Å². The highest BCUT2D eigenvalue weighted by Crippen LogP contribution is 2.71. The van der Waals surface area contributed by atoms with Crippen molar-refractivity contribution in [2.45, 2.75) is 71.6 Å². The van der Waals surface area contributed by atoms with E-state index in [1.54, 1.807) is 5.57 Å². The maximum atomic E-state index is 11.8. The summed E-state index contributed by atoms with van der Waals surface area (Å²) in [6.45, 7) is 9.19. The van der Waals surface area contributed by atoms with Crippen LogP contribution >= 0.6 is 0 Å². The van der Waals surface area contributed by atoms with Gasteiger partial charge >= 0.3 is 0 Å². The summed E-state index contributed by atoms with van der Waals surface area (Å²) in [5.41, 5.74) is 2.46. The molecule has 0 heterocycles. The number of hydrogen-bond acceptors (Lipinski definition) is 1. The van der Waals surface area contributed by atoms with Gasteiger partial charge in [0.2, 0.25) is 0 Å². The Bertz CT molecular complexity index is 494. The van der Waals surface area contributed by atoms with Crippen LogP contribution in [0.3, 0.4) is 0 Å². The van der Waals surface area contributed by atoms with Gasteiger partial charge in [-0.15, -0.1) is 0 Å². The molecule has 1 nitrogen and oxygen atoms in total. The molecule has 4 aliphatic rings. The molecule has 116 valence electrons. The molecule has 4 fully saturated rings. The first-order chi connectivity index (χ1) is 9.94. The molecule has 0 aromatic rings. The average molecular weight is 286 g/mol. The van der Waals surface area contributed by atoms with Crippen molar-refractivity contribution in [2.24, 2.45) is 34.0 Å². The van der Waals surface area contributed by atoms with E-state index in [4.69, 9.17) is 0 Å². The summed E-state index contributed by atoms with van der Waals surface area (Å²) in [5, 5.41) is 0. The molecule has 6 atom stereocenters. The summed E-state index contributed by atoms with van der Waals surface area (Å²) in [5.74, 6) is 2.29. The molecule has 4 saturated carbocycles. The van der Waals surface area contributed by atoms with Crippen LogP contribution in [0.4, 0.5) is 0 Å². The Morgan fingerprint density at radius 2 is 1.90 bits per heavy atom. The molecular formula is C20H30O. The van der Waals surface area contributed by atoms with Crippen molar-refractivity contribution in [2.75, 3.05) is 0 Å². The monoisotopic (exact) mass is 286 g/mol. The molecule has 2 bridgehead atoms. The van der Waals surface area contributed by atoms with Crippen LogP contribution in [0.15, 0.2) is 12.2 Å². The second kappa shape index (κ2) is 4.24. The third-order valence-electron chi connectivity index (χ3n) is 8.37. The second-order valence-corrected chi connectivity index (χ2v) is 9.30. The smallest absolute Gasteiger partial charge is 0.126 e. The van der Waals surface area contributed by atoms with Gasteiger partial charge in [-0.1, -0.05) is 32.4 Å². The van der Waals surface area contributed by atoms with Crippen LogP contribution in [-0.4, -0.2) is 6.29 Å². The first-order valence-electron chi connectivity index (χ1n) is 9.08. The van der Waals surface area contributed by atoms with Gasteiger partial charge in [0.25, 0.3) is 0 Å². The molecule has 1 spiro atoms. The van der Waals surface area contributed by atoms with Crippen LogP contribution in [0.25, 0.3) is 0 Å². The second-order valence-electron chi connectivity index (χ2n) is 9.30. The zero-order valence-electron chi connectivity index (χ0n) is 13.8. The van der Waals surface area contributed by atoms with E-state index in [2.05, 4.69) is 20.4 Å². The summed E-state index contributed by atoms with van der Waals surface area (Å²) in [6, 6.07) is 0. The predicted molar refractivity (Wildman–Crippen MR) is 85.9 cm³/mol. The number of aldehydes is 1. The van der Waals surface area contributed by atoms with Gasteiger partial charge in [-0.3, -0.25) is 0 Å². The van der Waals surface area contributed by atoms with Crippen molar-refractivity contribution in [3.05, 3.63) is 12.2 Å². The molecule has 0 radical (unpaired) electrons. The Morgan fingerprint density at radius 3 is 2.67 bits per heavy atom. The van der Waals surface area contributed by atoms with Crippen LogP contribution < -0.4 is 0 Å². The number of rotatable bonds is 1. The van der Waals surface area contributed by atoms with E-state index in [-0.39, 0.29) is 5.41 Å². The van der Waals surface area contributed by atoms with Crippen LogP contribution in [0.1, 0.15) is 71.6 Å². The third-order valence-corrected chi connectivity index (χ3v) is 8.37. The van der Waals surface area contributed by atoms with Crippen molar-refractivity contribution >= 4 is 6.29 Å². The molecule has 0 amide bonds. The van der Waals surface area contributed by atoms with Gasteiger partial charge in [0, 0.05) is 5.41 Å². The lowest BCUT2D eigenvalue weighted by molar-refractivity contribution is -0.157. The fraction of sp³-hybridized carbons (Fsp3) is 0.850. The quantitative estimate of drug-likeness (QED) is 0.481. The SMILES string of the molecule is C=C1C[C@@]23CCC4[C@@](C)(CCC[C@@]4(C)C=O)C2CC[C@H]1C3. The number of allylic oxidation sites excluding steroid dienone is 1. The van der Waals surface area contributed by atoms with Crippen molar-refractivity contribution in [1.82, 2.24) is 0 Å². The summed E-state index contributed by atoms with van der Waals surface area (Å²) in [4.78, 5) is 11.8. The van der Waals surface area contributed by atoms with Crippen molar-refractivity contribution < 1.29 is 4.79 Å². The van der Waals surface area contributed by atoms with Crippen molar-refractivity contribution in [3.63, 3.8) is 0 Å². The Morgan fingerprint density at radius 1 is 1.10 bits per heavy atom. The van der Waals surface area contributed by atoms with Crippen LogP contribution in [0.5, 0.6) is 0 Å². The zero-order valence-corrected chi connectivity index (χ0v) is 13.8. The molecule has 0 N–H and O–H groups in total. The van der Waals surface area contributed by atoms with Gasteiger partial charge in [0.15, 0.2) is 0 Å². The molecular weight excluding hydrogens is 256 g/mol. The van der Waals surface area contributed by atoms with Gasteiger partial charge in [0.1, 0.15) is 6.29 Å². The molecule has 0 aromatic heterocycles.